The van der Waals surface area contributed by atoms with E-state index in [1.54, 1.807) is 11.3 Å². The third kappa shape index (κ3) is 2.84. The lowest BCUT2D eigenvalue weighted by Crippen LogP contribution is -2.05. The van der Waals surface area contributed by atoms with Crippen LogP contribution in [0.1, 0.15) is 36.5 Å². The third-order valence-corrected chi connectivity index (χ3v) is 4.37. The van der Waals surface area contributed by atoms with Crippen LogP contribution in [0.3, 0.4) is 0 Å². The number of hydrogen-bond donors (Lipinski definition) is 1. The van der Waals surface area contributed by atoms with E-state index in [1.807, 2.05) is 0 Å². The molecule has 0 saturated carbocycles. The van der Waals surface area contributed by atoms with E-state index in [9.17, 15) is 0 Å². The second-order valence-corrected chi connectivity index (χ2v) is 6.81. The first-order valence-electron chi connectivity index (χ1n) is 6.80. The lowest BCUT2D eigenvalue weighted by atomic mass is 10.1. The van der Waals surface area contributed by atoms with E-state index in [2.05, 4.69) is 50.2 Å². The first kappa shape index (κ1) is 14.1. The fraction of sp³-hybridized carbons (Fsp3) is 0.533. The fourth-order valence-electron chi connectivity index (χ4n) is 2.44. The van der Waals surface area contributed by atoms with Crippen LogP contribution in [0.25, 0.3) is 11.3 Å². The maximum atomic E-state index is 5.81. The number of hydrogen-bond acceptors (Lipinski definition) is 3. The first-order chi connectivity index (χ1) is 8.90. The van der Waals surface area contributed by atoms with Gasteiger partial charge in [0.2, 0.25) is 0 Å². The van der Waals surface area contributed by atoms with Crippen LogP contribution >= 0.6 is 11.3 Å². The molecule has 0 saturated heterocycles. The summed E-state index contributed by atoms with van der Waals surface area (Å²) in [7, 11) is 0. The highest BCUT2D eigenvalue weighted by Crippen LogP contribution is 2.33. The molecule has 0 bridgehead atoms. The summed E-state index contributed by atoms with van der Waals surface area (Å²) in [4.78, 5) is 5.67. The van der Waals surface area contributed by atoms with Gasteiger partial charge in [-0.25, -0.2) is 4.98 Å². The Balaban J connectivity index is 2.38. The molecule has 0 aliphatic rings. The van der Waals surface area contributed by atoms with E-state index in [1.165, 1.54) is 28.2 Å². The molecule has 0 aliphatic heterocycles. The lowest BCUT2D eigenvalue weighted by Gasteiger charge is -2.11. The van der Waals surface area contributed by atoms with Crippen molar-refractivity contribution in [3.63, 3.8) is 0 Å². The second kappa shape index (κ2) is 5.37. The Morgan fingerprint density at radius 2 is 2.00 bits per heavy atom. The summed E-state index contributed by atoms with van der Waals surface area (Å²) in [5.41, 5.74) is 10.7. The van der Waals surface area contributed by atoms with Crippen LogP contribution in [-0.4, -0.2) is 9.55 Å². The predicted molar refractivity (Wildman–Crippen MR) is 83.6 cm³/mol. The van der Waals surface area contributed by atoms with E-state index >= 15 is 0 Å². The molecule has 0 fully saturated rings. The molecule has 0 atom stereocenters. The Morgan fingerprint density at radius 1 is 1.32 bits per heavy atom. The van der Waals surface area contributed by atoms with Crippen LogP contribution in [0.15, 0.2) is 6.07 Å². The molecule has 2 aromatic heterocycles. The minimum Gasteiger partial charge on any atom is -0.375 e. The Bertz CT molecular complexity index is 578. The van der Waals surface area contributed by atoms with Crippen LogP contribution < -0.4 is 5.73 Å². The summed E-state index contributed by atoms with van der Waals surface area (Å²) >= 11 is 1.56. The van der Waals surface area contributed by atoms with Crippen molar-refractivity contribution in [2.45, 2.75) is 47.6 Å². The number of anilines is 1. The molecular weight excluding hydrogens is 254 g/mol. The Labute approximate surface area is 119 Å². The van der Waals surface area contributed by atoms with Crippen LogP contribution in [0.5, 0.6) is 0 Å². The topological polar surface area (TPSA) is 43.8 Å². The highest BCUT2D eigenvalue weighted by Gasteiger charge is 2.15. The van der Waals surface area contributed by atoms with Crippen molar-refractivity contribution in [1.82, 2.24) is 9.55 Å². The number of nitrogens with two attached hydrogens (primary N) is 1. The van der Waals surface area contributed by atoms with Crippen LogP contribution in [0.2, 0.25) is 0 Å². The van der Waals surface area contributed by atoms with E-state index in [-0.39, 0.29) is 0 Å². The number of nitrogen functional groups attached to an aromatic ring is 1. The van der Waals surface area contributed by atoms with E-state index in [0.29, 0.717) is 5.13 Å². The molecule has 4 heteroatoms. The van der Waals surface area contributed by atoms with Gasteiger partial charge in [0.1, 0.15) is 0 Å². The van der Waals surface area contributed by atoms with Gasteiger partial charge in [-0.1, -0.05) is 13.8 Å². The minimum atomic E-state index is 0.652. The van der Waals surface area contributed by atoms with Crippen molar-refractivity contribution >= 4 is 16.5 Å². The van der Waals surface area contributed by atoms with Gasteiger partial charge in [0.15, 0.2) is 5.13 Å². The molecule has 0 radical (unpaired) electrons. The van der Waals surface area contributed by atoms with E-state index < -0.39 is 0 Å². The van der Waals surface area contributed by atoms with Gasteiger partial charge in [-0.2, -0.15) is 0 Å². The Hall–Kier alpha value is -1.29. The molecule has 0 unspecified atom stereocenters. The summed E-state index contributed by atoms with van der Waals surface area (Å²) in [5.74, 6) is 0.723. The van der Waals surface area contributed by atoms with Crippen LogP contribution in [0.4, 0.5) is 5.13 Å². The summed E-state index contributed by atoms with van der Waals surface area (Å²) in [6.45, 7) is 12.0. The number of aryl methyl sites for hydroxylation is 2. The minimum absolute atomic E-state index is 0.652. The number of thiazole rings is 1. The number of nitrogens with zero attached hydrogens (tertiary/aromatic N) is 2. The Kier molecular flexibility index (Phi) is 3.99. The molecule has 104 valence electrons. The molecular formula is C15H23N3S. The highest BCUT2D eigenvalue weighted by atomic mass is 32.1. The summed E-state index contributed by atoms with van der Waals surface area (Å²) in [6.07, 6.45) is 1.20. The molecule has 19 heavy (non-hydrogen) atoms. The van der Waals surface area contributed by atoms with Crippen molar-refractivity contribution in [2.75, 3.05) is 5.73 Å². The average Bonchev–Trinajstić information content (AvgIpc) is 2.77. The van der Waals surface area contributed by atoms with Gasteiger partial charge in [0.05, 0.1) is 5.69 Å². The molecule has 2 aromatic rings. The normalized spacial score (nSPS) is 11.5. The van der Waals surface area contributed by atoms with Crippen molar-refractivity contribution in [3.05, 3.63) is 22.3 Å². The van der Waals surface area contributed by atoms with Gasteiger partial charge < -0.3 is 10.3 Å². The van der Waals surface area contributed by atoms with E-state index in [4.69, 9.17) is 5.73 Å². The zero-order chi connectivity index (χ0) is 14.2. The molecule has 2 heterocycles. The second-order valence-electron chi connectivity index (χ2n) is 5.58. The molecule has 0 amide bonds. The lowest BCUT2D eigenvalue weighted by molar-refractivity contribution is 0.507. The van der Waals surface area contributed by atoms with Gasteiger partial charge in [-0.3, -0.25) is 0 Å². The SMILES string of the molecule is Cc1sc(N)nc1-c1cc(C)n(CCC(C)C)c1C. The van der Waals surface area contributed by atoms with Gasteiger partial charge in [0, 0.05) is 28.4 Å². The zero-order valence-electron chi connectivity index (χ0n) is 12.4. The number of aromatic nitrogens is 2. The van der Waals surface area contributed by atoms with Crippen molar-refractivity contribution in [3.8, 4) is 11.3 Å². The predicted octanol–water partition coefficient (Wildman–Crippen LogP) is 4.17. The molecule has 0 aliphatic carbocycles. The summed E-state index contributed by atoms with van der Waals surface area (Å²) < 4.78 is 2.39. The van der Waals surface area contributed by atoms with Crippen LogP contribution in [0, 0.1) is 26.7 Å². The molecule has 3 nitrogen and oxygen atoms in total. The van der Waals surface area contributed by atoms with E-state index in [0.717, 1.165) is 18.2 Å². The van der Waals surface area contributed by atoms with Gasteiger partial charge in [0.25, 0.3) is 0 Å². The maximum Gasteiger partial charge on any atom is 0.180 e. The molecule has 0 aromatic carbocycles. The highest BCUT2D eigenvalue weighted by molar-refractivity contribution is 7.15. The van der Waals surface area contributed by atoms with Crippen molar-refractivity contribution < 1.29 is 0 Å². The third-order valence-electron chi connectivity index (χ3n) is 3.57. The van der Waals surface area contributed by atoms with Crippen molar-refractivity contribution in [2.24, 2.45) is 5.92 Å². The quantitative estimate of drug-likeness (QED) is 0.911. The van der Waals surface area contributed by atoms with Gasteiger partial charge in [-0.05, 0) is 39.2 Å². The standard InChI is InChI=1S/C15H23N3S/c1-9(2)6-7-18-10(3)8-13(11(18)4)14-12(5)19-15(16)17-14/h8-9H,6-7H2,1-5H3,(H2,16,17). The van der Waals surface area contributed by atoms with Crippen LogP contribution in [-0.2, 0) is 6.54 Å². The first-order valence-corrected chi connectivity index (χ1v) is 7.61. The average molecular weight is 277 g/mol. The molecule has 2 rings (SSSR count). The summed E-state index contributed by atoms with van der Waals surface area (Å²) in [6, 6.07) is 2.23. The van der Waals surface area contributed by atoms with Gasteiger partial charge in [-0.15, -0.1) is 11.3 Å². The molecule has 0 spiro atoms. The Morgan fingerprint density at radius 3 is 2.53 bits per heavy atom. The number of rotatable bonds is 4. The monoisotopic (exact) mass is 277 g/mol. The largest absolute Gasteiger partial charge is 0.375 e. The summed E-state index contributed by atoms with van der Waals surface area (Å²) in [5, 5.41) is 0.652. The maximum absolute atomic E-state index is 5.81. The molecule has 2 N–H and O–H groups in total. The van der Waals surface area contributed by atoms with Crippen molar-refractivity contribution in [1.29, 1.82) is 0 Å². The zero-order valence-corrected chi connectivity index (χ0v) is 13.3. The van der Waals surface area contributed by atoms with Gasteiger partial charge >= 0.3 is 0 Å². The smallest absolute Gasteiger partial charge is 0.180 e. The fourth-order valence-corrected chi connectivity index (χ4v) is 3.14.